The van der Waals surface area contributed by atoms with Gasteiger partial charge in [0.25, 0.3) is 10.0 Å². The van der Waals surface area contributed by atoms with E-state index in [-0.39, 0.29) is 16.1 Å². The Balaban J connectivity index is 2.57. The largest absolute Gasteiger partial charge is 0.399 e. The van der Waals surface area contributed by atoms with Gasteiger partial charge in [-0.3, -0.25) is 4.31 Å². The minimum Gasteiger partial charge on any atom is -0.399 e. The first-order valence-electron chi connectivity index (χ1n) is 5.93. The third-order valence-electron chi connectivity index (χ3n) is 3.08. The van der Waals surface area contributed by atoms with Crippen LogP contribution < -0.4 is 10.0 Å². The number of nitrogens with zero attached hydrogens (tertiary/aromatic N) is 1. The second-order valence-corrected chi connectivity index (χ2v) is 6.37. The molecule has 0 aromatic heterocycles. The molecule has 6 heteroatoms. The van der Waals surface area contributed by atoms with Gasteiger partial charge in [0.05, 0.1) is 10.6 Å². The maximum Gasteiger partial charge on any atom is 0.264 e. The van der Waals surface area contributed by atoms with E-state index in [9.17, 15) is 12.8 Å². The van der Waals surface area contributed by atoms with Gasteiger partial charge in [0.1, 0.15) is 5.82 Å². The summed E-state index contributed by atoms with van der Waals surface area (Å²) in [6, 6.07) is 11.0. The number of hydrogen-bond donors (Lipinski definition) is 1. The Hall–Kier alpha value is -2.08. The maximum atomic E-state index is 13.7. The Bertz CT molecular complexity index is 730. The maximum absolute atomic E-state index is 13.7. The highest BCUT2D eigenvalue weighted by atomic mass is 32.2. The van der Waals surface area contributed by atoms with Crippen LogP contribution in [-0.4, -0.2) is 15.5 Å². The highest BCUT2D eigenvalue weighted by molar-refractivity contribution is 7.92. The Morgan fingerprint density at radius 3 is 2.35 bits per heavy atom. The summed E-state index contributed by atoms with van der Waals surface area (Å²) in [4.78, 5) is -0.124. The number of anilines is 2. The van der Waals surface area contributed by atoms with E-state index >= 15 is 0 Å². The van der Waals surface area contributed by atoms with Crippen molar-refractivity contribution in [3.63, 3.8) is 0 Å². The van der Waals surface area contributed by atoms with Crippen molar-refractivity contribution in [3.8, 4) is 0 Å². The molecular formula is C14H15FN2O2S. The lowest BCUT2D eigenvalue weighted by molar-refractivity contribution is 0.585. The van der Waals surface area contributed by atoms with E-state index in [2.05, 4.69) is 0 Å². The van der Waals surface area contributed by atoms with Gasteiger partial charge >= 0.3 is 0 Å². The first-order valence-corrected chi connectivity index (χ1v) is 7.37. The van der Waals surface area contributed by atoms with Gasteiger partial charge in [-0.05, 0) is 31.2 Å². The summed E-state index contributed by atoms with van der Waals surface area (Å²) >= 11 is 0. The van der Waals surface area contributed by atoms with Crippen LogP contribution in [0.2, 0.25) is 0 Å². The van der Waals surface area contributed by atoms with Crippen LogP contribution in [0.15, 0.2) is 47.4 Å². The number of sulfonamides is 1. The van der Waals surface area contributed by atoms with E-state index in [1.165, 1.54) is 20.0 Å². The lowest BCUT2D eigenvalue weighted by atomic mass is 10.2. The fraction of sp³-hybridized carbons (Fsp3) is 0.143. The third-order valence-corrected chi connectivity index (χ3v) is 4.99. The first-order chi connectivity index (χ1) is 9.34. The Morgan fingerprint density at radius 1 is 1.15 bits per heavy atom. The molecule has 2 N–H and O–H groups in total. The van der Waals surface area contributed by atoms with Crippen molar-refractivity contribution >= 4 is 21.4 Å². The molecule has 0 unspecified atom stereocenters. The van der Waals surface area contributed by atoms with Crippen molar-refractivity contribution in [2.45, 2.75) is 11.8 Å². The molecule has 0 heterocycles. The monoisotopic (exact) mass is 294 g/mol. The average Bonchev–Trinajstić information content (AvgIpc) is 2.42. The van der Waals surface area contributed by atoms with Crippen LogP contribution in [0.3, 0.4) is 0 Å². The number of nitrogen functional groups attached to an aromatic ring is 1. The summed E-state index contributed by atoms with van der Waals surface area (Å²) in [5.74, 6) is -0.634. The molecule has 20 heavy (non-hydrogen) atoms. The van der Waals surface area contributed by atoms with Crippen molar-refractivity contribution in [1.29, 1.82) is 0 Å². The van der Waals surface area contributed by atoms with Crippen molar-refractivity contribution in [2.24, 2.45) is 0 Å². The van der Waals surface area contributed by atoms with Crippen LogP contribution in [-0.2, 0) is 10.0 Å². The Labute approximate surface area is 117 Å². The molecule has 0 saturated heterocycles. The molecule has 0 aliphatic heterocycles. The highest BCUT2D eigenvalue weighted by Crippen LogP contribution is 2.27. The van der Waals surface area contributed by atoms with Gasteiger partial charge in [0.2, 0.25) is 0 Å². The Morgan fingerprint density at radius 2 is 1.75 bits per heavy atom. The predicted molar refractivity (Wildman–Crippen MR) is 77.6 cm³/mol. The predicted octanol–water partition coefficient (Wildman–Crippen LogP) is 2.54. The molecule has 0 fully saturated rings. The Kier molecular flexibility index (Phi) is 3.67. The van der Waals surface area contributed by atoms with Crippen molar-refractivity contribution in [1.82, 2.24) is 0 Å². The van der Waals surface area contributed by atoms with Gasteiger partial charge in [-0.25, -0.2) is 12.8 Å². The van der Waals surface area contributed by atoms with E-state index in [1.54, 1.807) is 30.3 Å². The minimum atomic E-state index is -3.85. The van der Waals surface area contributed by atoms with Crippen molar-refractivity contribution in [3.05, 3.63) is 53.8 Å². The van der Waals surface area contributed by atoms with Crippen LogP contribution in [0.25, 0.3) is 0 Å². The number of rotatable bonds is 3. The molecule has 0 atom stereocenters. The molecule has 2 aromatic rings. The average molecular weight is 294 g/mol. The molecule has 0 saturated carbocycles. The van der Waals surface area contributed by atoms with Crippen molar-refractivity contribution < 1.29 is 12.8 Å². The second kappa shape index (κ2) is 5.13. The topological polar surface area (TPSA) is 63.4 Å². The van der Waals surface area contributed by atoms with Crippen LogP contribution in [0, 0.1) is 12.7 Å². The number of halogens is 1. The molecule has 0 aliphatic rings. The summed E-state index contributed by atoms with van der Waals surface area (Å²) < 4.78 is 39.9. The molecule has 2 rings (SSSR count). The molecular weight excluding hydrogens is 279 g/mol. The fourth-order valence-corrected chi connectivity index (χ4v) is 3.33. The van der Waals surface area contributed by atoms with E-state index in [0.717, 1.165) is 10.4 Å². The lowest BCUT2D eigenvalue weighted by Crippen LogP contribution is -2.27. The molecule has 0 amide bonds. The zero-order valence-electron chi connectivity index (χ0n) is 11.2. The molecule has 0 aliphatic carbocycles. The molecule has 2 aromatic carbocycles. The van der Waals surface area contributed by atoms with E-state index < -0.39 is 15.8 Å². The summed E-state index contributed by atoms with van der Waals surface area (Å²) in [5, 5.41) is 0. The van der Waals surface area contributed by atoms with Gasteiger partial charge < -0.3 is 5.73 Å². The SMILES string of the molecule is Cc1c(F)cc(N)cc1S(=O)(=O)N(C)c1ccccc1. The van der Waals surface area contributed by atoms with Gasteiger partial charge in [-0.15, -0.1) is 0 Å². The summed E-state index contributed by atoms with van der Waals surface area (Å²) in [6.45, 7) is 1.42. The molecule has 0 radical (unpaired) electrons. The summed E-state index contributed by atoms with van der Waals surface area (Å²) in [7, 11) is -2.43. The molecule has 106 valence electrons. The van der Waals surface area contributed by atoms with Crippen LogP contribution in [0.1, 0.15) is 5.56 Å². The number of hydrogen-bond acceptors (Lipinski definition) is 3. The summed E-state index contributed by atoms with van der Waals surface area (Å²) in [6.07, 6.45) is 0. The van der Waals surface area contributed by atoms with Gasteiger partial charge in [0.15, 0.2) is 0 Å². The molecule has 0 bridgehead atoms. The van der Waals surface area contributed by atoms with Gasteiger partial charge in [-0.2, -0.15) is 0 Å². The zero-order valence-corrected chi connectivity index (χ0v) is 12.0. The normalized spacial score (nSPS) is 11.3. The highest BCUT2D eigenvalue weighted by Gasteiger charge is 2.25. The molecule has 4 nitrogen and oxygen atoms in total. The third kappa shape index (κ3) is 2.46. The number of para-hydroxylation sites is 1. The van der Waals surface area contributed by atoms with Crippen LogP contribution >= 0.6 is 0 Å². The van der Waals surface area contributed by atoms with Crippen LogP contribution in [0.4, 0.5) is 15.8 Å². The van der Waals surface area contributed by atoms with Crippen LogP contribution in [0.5, 0.6) is 0 Å². The fourth-order valence-electron chi connectivity index (χ4n) is 1.87. The van der Waals surface area contributed by atoms with Gasteiger partial charge in [0, 0.05) is 18.3 Å². The number of benzene rings is 2. The van der Waals surface area contributed by atoms with Gasteiger partial charge in [-0.1, -0.05) is 18.2 Å². The minimum absolute atomic E-state index is 0.0574. The zero-order chi connectivity index (χ0) is 14.9. The van der Waals surface area contributed by atoms with E-state index in [1.807, 2.05) is 0 Å². The molecule has 0 spiro atoms. The van der Waals surface area contributed by atoms with Crippen molar-refractivity contribution in [2.75, 3.05) is 17.1 Å². The number of nitrogens with two attached hydrogens (primary N) is 1. The first kappa shape index (κ1) is 14.3. The van der Waals surface area contributed by atoms with E-state index in [4.69, 9.17) is 5.73 Å². The smallest absolute Gasteiger partial charge is 0.264 e. The lowest BCUT2D eigenvalue weighted by Gasteiger charge is -2.21. The van der Waals surface area contributed by atoms with E-state index in [0.29, 0.717) is 5.69 Å². The standard InChI is InChI=1S/C14H15FN2O2S/c1-10-13(15)8-11(16)9-14(10)20(18,19)17(2)12-6-4-3-5-7-12/h3-9H,16H2,1-2H3. The quantitative estimate of drug-likeness (QED) is 0.885. The second-order valence-electron chi connectivity index (χ2n) is 4.43. The summed E-state index contributed by atoms with van der Waals surface area (Å²) in [5.41, 5.74) is 6.17.